The molecule has 1 amide bonds. The summed E-state index contributed by atoms with van der Waals surface area (Å²) in [4.78, 5) is 12.3. The molecule has 0 atom stereocenters. The number of aromatic nitrogens is 2. The standard InChI is InChI=1S/C16H21BrN4O3S/c1-11-16(25(23,24)20(3)4)12(2)21(19-11)9-8-15(22)18-14-7-5-6-13(17)10-14/h5-7,10H,8-9H2,1-4H3,(H,18,22). The number of carbonyl (C=O) groups excluding carboxylic acids is 1. The molecule has 25 heavy (non-hydrogen) atoms. The van der Waals surface area contributed by atoms with Gasteiger partial charge >= 0.3 is 0 Å². The molecular weight excluding hydrogens is 408 g/mol. The zero-order chi connectivity index (χ0) is 18.8. The van der Waals surface area contributed by atoms with Gasteiger partial charge in [0.25, 0.3) is 0 Å². The second-order valence-electron chi connectivity index (χ2n) is 5.82. The zero-order valence-electron chi connectivity index (χ0n) is 14.6. The third kappa shape index (κ3) is 4.47. The molecule has 0 aliphatic heterocycles. The zero-order valence-corrected chi connectivity index (χ0v) is 17.0. The van der Waals surface area contributed by atoms with E-state index in [0.29, 0.717) is 23.6 Å². The first-order valence-electron chi connectivity index (χ1n) is 7.65. The molecule has 0 aliphatic carbocycles. The van der Waals surface area contributed by atoms with E-state index in [1.54, 1.807) is 24.6 Å². The minimum Gasteiger partial charge on any atom is -0.326 e. The first-order chi connectivity index (χ1) is 11.6. The van der Waals surface area contributed by atoms with E-state index in [4.69, 9.17) is 0 Å². The lowest BCUT2D eigenvalue weighted by atomic mass is 10.3. The van der Waals surface area contributed by atoms with Gasteiger partial charge in [-0.3, -0.25) is 9.48 Å². The molecule has 1 aromatic heterocycles. The monoisotopic (exact) mass is 428 g/mol. The van der Waals surface area contributed by atoms with Crippen LogP contribution in [0.15, 0.2) is 33.6 Å². The number of nitrogens with one attached hydrogen (secondary N) is 1. The fourth-order valence-corrected chi connectivity index (χ4v) is 4.11. The highest BCUT2D eigenvalue weighted by molar-refractivity contribution is 9.10. The summed E-state index contributed by atoms with van der Waals surface area (Å²) in [6, 6.07) is 7.31. The van der Waals surface area contributed by atoms with Crippen LogP contribution in [0.2, 0.25) is 0 Å². The molecule has 9 heteroatoms. The Morgan fingerprint density at radius 2 is 2.00 bits per heavy atom. The highest BCUT2D eigenvalue weighted by Crippen LogP contribution is 2.22. The lowest BCUT2D eigenvalue weighted by molar-refractivity contribution is -0.116. The number of carbonyl (C=O) groups is 1. The number of hydrogen-bond acceptors (Lipinski definition) is 4. The first-order valence-corrected chi connectivity index (χ1v) is 9.88. The fraction of sp³-hybridized carbons (Fsp3) is 0.375. The van der Waals surface area contributed by atoms with Gasteiger partial charge in [-0.05, 0) is 32.0 Å². The van der Waals surface area contributed by atoms with Crippen LogP contribution in [-0.4, -0.2) is 42.5 Å². The SMILES string of the molecule is Cc1nn(CCC(=O)Nc2cccc(Br)c2)c(C)c1S(=O)(=O)N(C)C. The minimum absolute atomic E-state index is 0.164. The van der Waals surface area contributed by atoms with Gasteiger partial charge < -0.3 is 5.32 Å². The molecule has 0 unspecified atom stereocenters. The number of aryl methyl sites for hydroxylation is 2. The Labute approximate surface area is 156 Å². The van der Waals surface area contributed by atoms with Gasteiger partial charge in [0.2, 0.25) is 15.9 Å². The molecule has 1 heterocycles. The normalized spacial score (nSPS) is 11.8. The van der Waals surface area contributed by atoms with Gasteiger partial charge in [0.15, 0.2) is 0 Å². The van der Waals surface area contributed by atoms with Crippen molar-refractivity contribution >= 4 is 37.5 Å². The lowest BCUT2D eigenvalue weighted by Gasteiger charge is -2.12. The van der Waals surface area contributed by atoms with E-state index in [-0.39, 0.29) is 17.2 Å². The topological polar surface area (TPSA) is 84.3 Å². The maximum atomic E-state index is 12.4. The molecule has 1 N–H and O–H groups in total. The molecule has 1 aromatic carbocycles. The van der Waals surface area contributed by atoms with Crippen LogP contribution in [0.25, 0.3) is 0 Å². The van der Waals surface area contributed by atoms with Gasteiger partial charge in [-0.2, -0.15) is 5.10 Å². The van der Waals surface area contributed by atoms with Gasteiger partial charge in [-0.15, -0.1) is 0 Å². The Morgan fingerprint density at radius 3 is 2.60 bits per heavy atom. The van der Waals surface area contributed by atoms with Crippen LogP contribution < -0.4 is 5.32 Å². The third-order valence-electron chi connectivity index (χ3n) is 3.71. The van der Waals surface area contributed by atoms with Crippen LogP contribution in [0.1, 0.15) is 17.8 Å². The van der Waals surface area contributed by atoms with E-state index < -0.39 is 10.0 Å². The summed E-state index contributed by atoms with van der Waals surface area (Å²) in [6.07, 6.45) is 0.190. The molecule has 2 rings (SSSR count). The summed E-state index contributed by atoms with van der Waals surface area (Å²) in [5.74, 6) is -0.164. The Hall–Kier alpha value is -1.71. The summed E-state index contributed by atoms with van der Waals surface area (Å²) < 4.78 is 28.4. The molecule has 0 bridgehead atoms. The smallest absolute Gasteiger partial charge is 0.246 e. The average molecular weight is 429 g/mol. The van der Waals surface area contributed by atoms with E-state index >= 15 is 0 Å². The van der Waals surface area contributed by atoms with E-state index in [1.165, 1.54) is 14.1 Å². The summed E-state index contributed by atoms with van der Waals surface area (Å²) in [6.45, 7) is 3.65. The number of nitrogens with zero attached hydrogens (tertiary/aromatic N) is 3. The molecular formula is C16H21BrN4O3S. The number of amides is 1. The van der Waals surface area contributed by atoms with Crippen LogP contribution >= 0.6 is 15.9 Å². The molecule has 7 nitrogen and oxygen atoms in total. The number of hydrogen-bond donors (Lipinski definition) is 1. The first kappa shape index (κ1) is 19.6. The van der Waals surface area contributed by atoms with Gasteiger partial charge in [0.1, 0.15) is 4.90 Å². The van der Waals surface area contributed by atoms with Crippen molar-refractivity contribution in [2.24, 2.45) is 0 Å². The molecule has 0 fully saturated rings. The van der Waals surface area contributed by atoms with Crippen LogP contribution in [0.5, 0.6) is 0 Å². The molecule has 0 spiro atoms. The summed E-state index contributed by atoms with van der Waals surface area (Å²) in [5, 5.41) is 7.08. The molecule has 136 valence electrons. The second kappa shape index (κ2) is 7.67. The van der Waals surface area contributed by atoms with E-state index in [1.807, 2.05) is 18.2 Å². The van der Waals surface area contributed by atoms with E-state index in [9.17, 15) is 13.2 Å². The third-order valence-corrected chi connectivity index (χ3v) is 6.27. The maximum absolute atomic E-state index is 12.4. The highest BCUT2D eigenvalue weighted by Gasteiger charge is 2.26. The Kier molecular flexibility index (Phi) is 6.02. The van der Waals surface area contributed by atoms with Gasteiger partial charge in [-0.25, -0.2) is 12.7 Å². The van der Waals surface area contributed by atoms with E-state index in [0.717, 1.165) is 8.78 Å². The molecule has 0 saturated carbocycles. The van der Waals surface area contributed by atoms with Crippen molar-refractivity contribution < 1.29 is 13.2 Å². The van der Waals surface area contributed by atoms with Crippen molar-refractivity contribution in [3.63, 3.8) is 0 Å². The molecule has 0 saturated heterocycles. The predicted octanol–water partition coefficient (Wildman–Crippen LogP) is 2.54. The van der Waals surface area contributed by atoms with Crippen molar-refractivity contribution in [2.45, 2.75) is 31.7 Å². The minimum atomic E-state index is -3.57. The van der Waals surface area contributed by atoms with Crippen LogP contribution in [0.4, 0.5) is 5.69 Å². The number of halogens is 1. The quantitative estimate of drug-likeness (QED) is 0.765. The lowest BCUT2D eigenvalue weighted by Crippen LogP contribution is -2.23. The van der Waals surface area contributed by atoms with Gasteiger partial charge in [0.05, 0.1) is 17.9 Å². The summed E-state index contributed by atoms with van der Waals surface area (Å²) in [5.41, 5.74) is 1.66. The molecule has 0 aliphatic rings. The predicted molar refractivity (Wildman–Crippen MR) is 100.0 cm³/mol. The van der Waals surface area contributed by atoms with Crippen LogP contribution in [-0.2, 0) is 21.4 Å². The number of benzene rings is 1. The largest absolute Gasteiger partial charge is 0.326 e. The fourth-order valence-electron chi connectivity index (χ4n) is 2.45. The van der Waals surface area contributed by atoms with Gasteiger partial charge in [0, 0.05) is 30.7 Å². The van der Waals surface area contributed by atoms with Crippen molar-refractivity contribution in [3.8, 4) is 0 Å². The average Bonchev–Trinajstić information content (AvgIpc) is 2.79. The number of rotatable bonds is 6. The number of sulfonamides is 1. The van der Waals surface area contributed by atoms with Crippen molar-refractivity contribution in [1.82, 2.24) is 14.1 Å². The summed E-state index contributed by atoms with van der Waals surface area (Å²) >= 11 is 3.35. The maximum Gasteiger partial charge on any atom is 0.246 e. The summed E-state index contributed by atoms with van der Waals surface area (Å²) in [7, 11) is -0.599. The van der Waals surface area contributed by atoms with Crippen molar-refractivity contribution in [1.29, 1.82) is 0 Å². The van der Waals surface area contributed by atoms with Gasteiger partial charge in [-0.1, -0.05) is 22.0 Å². The highest BCUT2D eigenvalue weighted by atomic mass is 79.9. The number of anilines is 1. The van der Waals surface area contributed by atoms with E-state index in [2.05, 4.69) is 26.3 Å². The second-order valence-corrected chi connectivity index (χ2v) is 8.82. The van der Waals surface area contributed by atoms with Crippen LogP contribution in [0.3, 0.4) is 0 Å². The van der Waals surface area contributed by atoms with Crippen molar-refractivity contribution in [2.75, 3.05) is 19.4 Å². The Bertz CT molecular complexity index is 891. The van der Waals surface area contributed by atoms with Crippen molar-refractivity contribution in [3.05, 3.63) is 40.1 Å². The Balaban J connectivity index is 2.10. The molecule has 2 aromatic rings. The molecule has 0 radical (unpaired) electrons. The van der Waals surface area contributed by atoms with Crippen LogP contribution in [0, 0.1) is 13.8 Å². The Morgan fingerprint density at radius 1 is 1.32 bits per heavy atom.